The summed E-state index contributed by atoms with van der Waals surface area (Å²) in [7, 11) is 0. The fourth-order valence-electron chi connectivity index (χ4n) is 2.71. The lowest BCUT2D eigenvalue weighted by molar-refractivity contribution is -0.0183. The molecule has 0 aliphatic carbocycles. The third-order valence-electron chi connectivity index (χ3n) is 3.58. The molecule has 0 unspecified atom stereocenters. The van der Waals surface area contributed by atoms with Crippen LogP contribution in [0.1, 0.15) is 12.6 Å². The van der Waals surface area contributed by atoms with Crippen molar-refractivity contribution in [2.24, 2.45) is 0 Å². The van der Waals surface area contributed by atoms with Crippen LogP contribution in [0.15, 0.2) is 15.9 Å². The van der Waals surface area contributed by atoms with Gasteiger partial charge in [-0.2, -0.15) is 0 Å². The van der Waals surface area contributed by atoms with E-state index in [-0.39, 0.29) is 18.3 Å². The second-order valence-corrected chi connectivity index (χ2v) is 4.63. The number of aromatic amines is 1. The van der Waals surface area contributed by atoms with Crippen molar-refractivity contribution >= 4 is 11.2 Å². The number of nitrogens with one attached hydrogen (secondary N) is 1. The molecule has 8 nitrogen and oxygen atoms in total. The Hall–Kier alpha value is -1.93. The molecular weight excluding hydrogens is 240 g/mol. The Morgan fingerprint density at radius 2 is 2.33 bits per heavy atom. The van der Waals surface area contributed by atoms with Gasteiger partial charge < -0.3 is 9.84 Å². The van der Waals surface area contributed by atoms with Crippen LogP contribution in [0, 0.1) is 0 Å². The summed E-state index contributed by atoms with van der Waals surface area (Å²) in [5, 5.41) is 9.84. The van der Waals surface area contributed by atoms with E-state index < -0.39 is 23.5 Å². The zero-order valence-electron chi connectivity index (χ0n) is 9.24. The van der Waals surface area contributed by atoms with Gasteiger partial charge >= 0.3 is 5.69 Å². The Balaban J connectivity index is 2.14. The van der Waals surface area contributed by atoms with Gasteiger partial charge in [-0.05, 0) is 0 Å². The van der Waals surface area contributed by atoms with Gasteiger partial charge in [-0.15, -0.1) is 0 Å². The van der Waals surface area contributed by atoms with E-state index >= 15 is 0 Å². The first-order valence-corrected chi connectivity index (χ1v) is 5.68. The molecular formula is C10H10N4O4. The Kier molecular flexibility index (Phi) is 1.72. The van der Waals surface area contributed by atoms with Crippen molar-refractivity contribution in [2.75, 3.05) is 0 Å². The molecule has 4 heterocycles. The minimum Gasteiger partial charge on any atom is -0.390 e. The van der Waals surface area contributed by atoms with Crippen LogP contribution in [0.3, 0.4) is 0 Å². The second kappa shape index (κ2) is 3.09. The highest BCUT2D eigenvalue weighted by atomic mass is 16.5. The number of rotatable bonds is 0. The number of hydrogen-bond acceptors (Lipinski definition) is 5. The summed E-state index contributed by atoms with van der Waals surface area (Å²) < 4.78 is 8.70. The van der Waals surface area contributed by atoms with Crippen LogP contribution in [0.25, 0.3) is 11.2 Å². The van der Waals surface area contributed by atoms with Crippen LogP contribution in [-0.4, -0.2) is 36.4 Å². The molecule has 2 aromatic rings. The van der Waals surface area contributed by atoms with Crippen LogP contribution in [0.2, 0.25) is 0 Å². The summed E-state index contributed by atoms with van der Waals surface area (Å²) in [5.74, 6) is 0. The molecule has 1 fully saturated rings. The first kappa shape index (κ1) is 10.0. The van der Waals surface area contributed by atoms with Crippen molar-refractivity contribution in [3.05, 3.63) is 27.2 Å². The van der Waals surface area contributed by atoms with Gasteiger partial charge in [-0.25, -0.2) is 9.78 Å². The fraction of sp³-hybridized carbons (Fsp3) is 0.500. The molecule has 2 aromatic heterocycles. The van der Waals surface area contributed by atoms with Gasteiger partial charge in [-0.1, -0.05) is 0 Å². The maximum absolute atomic E-state index is 11.8. The molecule has 94 valence electrons. The van der Waals surface area contributed by atoms with E-state index in [1.165, 1.54) is 10.9 Å². The predicted octanol–water partition coefficient (Wildman–Crippen LogP) is -1.45. The number of aliphatic hydroxyl groups excluding tert-OH is 1. The van der Waals surface area contributed by atoms with Crippen molar-refractivity contribution in [2.45, 2.75) is 31.4 Å². The number of ether oxygens (including phenoxy) is 1. The first-order chi connectivity index (χ1) is 8.65. The van der Waals surface area contributed by atoms with Crippen molar-refractivity contribution in [1.82, 2.24) is 19.1 Å². The van der Waals surface area contributed by atoms with Crippen LogP contribution in [-0.2, 0) is 11.3 Å². The Morgan fingerprint density at radius 1 is 1.50 bits per heavy atom. The van der Waals surface area contributed by atoms with Crippen LogP contribution in [0.4, 0.5) is 0 Å². The summed E-state index contributed by atoms with van der Waals surface area (Å²) >= 11 is 0. The van der Waals surface area contributed by atoms with Crippen LogP contribution < -0.4 is 11.2 Å². The van der Waals surface area contributed by atoms with E-state index in [0.717, 1.165) is 0 Å². The Labute approximate surface area is 99.4 Å². The molecule has 0 saturated carbocycles. The van der Waals surface area contributed by atoms with E-state index in [0.29, 0.717) is 12.1 Å². The van der Waals surface area contributed by atoms with Gasteiger partial charge in [0, 0.05) is 6.42 Å². The minimum absolute atomic E-state index is 0.218. The molecule has 3 atom stereocenters. The zero-order chi connectivity index (χ0) is 12.4. The molecule has 18 heavy (non-hydrogen) atoms. The molecule has 0 spiro atoms. The second-order valence-electron chi connectivity index (χ2n) is 4.63. The lowest BCUT2D eigenvalue weighted by atomic mass is 10.1. The topological polar surface area (TPSA) is 102 Å². The third kappa shape index (κ3) is 1.08. The SMILES string of the molecule is O=c1[nH]c(=O)n2c3c1ncn3[C@H]1C[C@H](O)[C@@H](C2)O1. The predicted molar refractivity (Wildman–Crippen MR) is 59.1 cm³/mol. The quantitative estimate of drug-likeness (QED) is 0.595. The largest absolute Gasteiger partial charge is 0.390 e. The fourth-order valence-corrected chi connectivity index (χ4v) is 2.71. The van der Waals surface area contributed by atoms with Gasteiger partial charge in [0.05, 0.1) is 19.0 Å². The molecule has 2 bridgehead atoms. The highest BCUT2D eigenvalue weighted by Gasteiger charge is 2.39. The number of H-pyrrole nitrogens is 1. The lowest BCUT2D eigenvalue weighted by Crippen LogP contribution is -2.36. The smallest absolute Gasteiger partial charge is 0.330 e. The molecule has 0 aromatic carbocycles. The van der Waals surface area contributed by atoms with E-state index in [1.807, 2.05) is 0 Å². The van der Waals surface area contributed by atoms with Gasteiger partial charge in [0.2, 0.25) is 0 Å². The molecule has 2 aliphatic heterocycles. The minimum atomic E-state index is -0.612. The molecule has 0 radical (unpaired) electrons. The number of aliphatic hydroxyl groups is 1. The average Bonchev–Trinajstić information content (AvgIpc) is 2.84. The molecule has 2 N–H and O–H groups in total. The van der Waals surface area contributed by atoms with Gasteiger partial charge in [-0.3, -0.25) is 18.9 Å². The van der Waals surface area contributed by atoms with E-state index in [4.69, 9.17) is 4.74 Å². The third-order valence-corrected chi connectivity index (χ3v) is 3.58. The van der Waals surface area contributed by atoms with E-state index in [2.05, 4.69) is 9.97 Å². The number of fused-ring (bicyclic) bond motifs is 3. The number of nitrogens with zero attached hydrogens (tertiary/aromatic N) is 3. The van der Waals surface area contributed by atoms with Gasteiger partial charge in [0.25, 0.3) is 5.56 Å². The Morgan fingerprint density at radius 3 is 3.17 bits per heavy atom. The van der Waals surface area contributed by atoms with Crippen molar-refractivity contribution < 1.29 is 9.84 Å². The Bertz CT molecular complexity index is 757. The average molecular weight is 250 g/mol. The van der Waals surface area contributed by atoms with E-state index in [1.54, 1.807) is 4.57 Å². The van der Waals surface area contributed by atoms with Crippen LogP contribution >= 0.6 is 0 Å². The normalized spacial score (nSPS) is 29.7. The molecule has 1 saturated heterocycles. The number of imidazole rings is 1. The van der Waals surface area contributed by atoms with Gasteiger partial charge in [0.1, 0.15) is 12.3 Å². The number of aromatic nitrogens is 4. The highest BCUT2D eigenvalue weighted by Crippen LogP contribution is 2.33. The standard InChI is InChI=1S/C10H10N4O4/c15-4-1-6-14-3-11-7-8(16)12-10(17)13(9(7)14)2-5(4)18-6/h3-6,15H,1-2H2,(H,12,16,17)/t4-,5+,6+/m0/s1. The van der Waals surface area contributed by atoms with Crippen molar-refractivity contribution in [3.63, 3.8) is 0 Å². The lowest BCUT2D eigenvalue weighted by Gasteiger charge is -2.14. The monoisotopic (exact) mass is 250 g/mol. The first-order valence-electron chi connectivity index (χ1n) is 5.68. The maximum atomic E-state index is 11.8. The molecule has 8 heteroatoms. The zero-order valence-corrected chi connectivity index (χ0v) is 9.24. The summed E-state index contributed by atoms with van der Waals surface area (Å²) in [5.41, 5.74) is -0.315. The van der Waals surface area contributed by atoms with E-state index in [9.17, 15) is 14.7 Å². The summed E-state index contributed by atoms with van der Waals surface area (Å²) in [6, 6.07) is 0. The number of hydrogen-bond donors (Lipinski definition) is 2. The van der Waals surface area contributed by atoms with Gasteiger partial charge in [0.15, 0.2) is 11.2 Å². The maximum Gasteiger partial charge on any atom is 0.330 e. The molecule has 0 amide bonds. The highest BCUT2D eigenvalue weighted by molar-refractivity contribution is 5.70. The van der Waals surface area contributed by atoms with Crippen molar-refractivity contribution in [3.8, 4) is 0 Å². The molecule has 4 rings (SSSR count). The summed E-state index contributed by atoms with van der Waals surface area (Å²) in [4.78, 5) is 29.7. The van der Waals surface area contributed by atoms with Crippen molar-refractivity contribution in [1.29, 1.82) is 0 Å². The van der Waals surface area contributed by atoms with Crippen LogP contribution in [0.5, 0.6) is 0 Å². The molecule has 2 aliphatic rings. The summed E-state index contributed by atoms with van der Waals surface area (Å²) in [6.45, 7) is 0.218. The summed E-state index contributed by atoms with van der Waals surface area (Å²) in [6.07, 6.45) is 0.504.